The molecule has 250 valence electrons. The number of rotatable bonds is 18. The summed E-state index contributed by atoms with van der Waals surface area (Å²) in [7, 11) is -0.330. The van der Waals surface area contributed by atoms with E-state index in [1.807, 2.05) is 103 Å². The van der Waals surface area contributed by atoms with Gasteiger partial charge in [0.15, 0.2) is 15.1 Å². The van der Waals surface area contributed by atoms with Crippen molar-refractivity contribution in [2.45, 2.75) is 56.8 Å². The highest BCUT2D eigenvalue weighted by Crippen LogP contribution is 2.32. The summed E-state index contributed by atoms with van der Waals surface area (Å²) in [6, 6.07) is 40.4. The summed E-state index contributed by atoms with van der Waals surface area (Å²) in [4.78, 5) is 13.5. The van der Waals surface area contributed by atoms with Crippen molar-refractivity contribution in [3.8, 4) is 6.07 Å². The molecule has 1 aliphatic heterocycles. The number of esters is 1. The monoisotopic (exact) mass is 669 g/mol. The Bertz CT molecular complexity index is 1520. The molecule has 6 atom stereocenters. The second-order valence-electron chi connectivity index (χ2n) is 11.1. The minimum atomic E-state index is -0.906. The predicted molar refractivity (Wildman–Crippen MR) is 181 cm³/mol. The van der Waals surface area contributed by atoms with Crippen LogP contribution in [0.5, 0.6) is 0 Å². The molecule has 0 N–H and O–H groups in total. The van der Waals surface area contributed by atoms with Crippen molar-refractivity contribution in [3.63, 3.8) is 0 Å². The molecule has 0 spiro atoms. The van der Waals surface area contributed by atoms with Gasteiger partial charge >= 0.3 is 5.97 Å². The summed E-state index contributed by atoms with van der Waals surface area (Å²) in [5.41, 5.74) is 3.35. The van der Waals surface area contributed by atoms with Gasteiger partial charge in [-0.15, -0.1) is 0 Å². The maximum atomic E-state index is 13.5. The van der Waals surface area contributed by atoms with Gasteiger partial charge < -0.3 is 32.7 Å². The third-order valence-corrected chi connectivity index (χ3v) is 8.23. The molecule has 0 saturated carbocycles. The van der Waals surface area contributed by atoms with Crippen molar-refractivity contribution in [3.05, 3.63) is 144 Å². The first-order valence-electron chi connectivity index (χ1n) is 15.9. The van der Waals surface area contributed by atoms with Gasteiger partial charge in [-0.3, -0.25) is 0 Å². The zero-order valence-corrected chi connectivity index (χ0v) is 27.6. The number of carbonyl (C=O) groups excluding carboxylic acids is 1. The van der Waals surface area contributed by atoms with Crippen LogP contribution < -0.4 is 0 Å². The second kappa shape index (κ2) is 19.8. The van der Waals surface area contributed by atoms with Gasteiger partial charge in [0.1, 0.15) is 24.4 Å². The highest BCUT2D eigenvalue weighted by molar-refractivity contribution is 7.26. The topological polar surface area (TPSA) is 105 Å². The molecule has 1 fully saturated rings. The van der Waals surface area contributed by atoms with E-state index in [0.29, 0.717) is 12.2 Å². The Kier molecular flexibility index (Phi) is 14.5. The van der Waals surface area contributed by atoms with Crippen LogP contribution in [-0.4, -0.2) is 56.3 Å². The summed E-state index contributed by atoms with van der Waals surface area (Å²) < 4.78 is 43.7. The zero-order chi connectivity index (χ0) is 33.2. The minimum Gasteiger partial charge on any atom is -0.453 e. The standard InChI is InChI=1S/C38H40NO8P/c39-22-13-23-44-48-45-28-34-36(47-38(40)32-20-11-4-12-21-32)37(43-26-31-18-9-3-10-19-31)35(42-25-30-16-7-2-8-17-30)33(46-34)27-41-24-29-14-5-1-6-15-29/h1-12,14-21,33-37,48H,13,23-28H2/t33-,34+,35-,36+,37+/m1/s1. The molecule has 4 aromatic carbocycles. The largest absolute Gasteiger partial charge is 0.453 e. The Morgan fingerprint density at radius 3 is 1.75 bits per heavy atom. The Balaban J connectivity index is 1.43. The third kappa shape index (κ3) is 11.0. The number of nitriles is 1. The molecule has 1 unspecified atom stereocenters. The van der Waals surface area contributed by atoms with Crippen molar-refractivity contribution in [1.29, 1.82) is 5.26 Å². The molecular formula is C38H40NO8P. The lowest BCUT2D eigenvalue weighted by atomic mass is 9.94. The molecule has 0 amide bonds. The second-order valence-corrected chi connectivity index (χ2v) is 11.9. The van der Waals surface area contributed by atoms with Gasteiger partial charge in [0.2, 0.25) is 0 Å². The summed E-state index contributed by atoms with van der Waals surface area (Å²) in [5.74, 6) is -0.518. The smallest absolute Gasteiger partial charge is 0.338 e. The van der Waals surface area contributed by atoms with Crippen molar-refractivity contribution in [2.24, 2.45) is 0 Å². The summed E-state index contributed by atoms with van der Waals surface area (Å²) >= 11 is 0. The quantitative estimate of drug-likeness (QED) is 0.0641. The molecule has 0 aromatic heterocycles. The van der Waals surface area contributed by atoms with Gasteiger partial charge in [-0.1, -0.05) is 109 Å². The third-order valence-electron chi connectivity index (χ3n) is 7.63. The Hall–Kier alpha value is -3.97. The van der Waals surface area contributed by atoms with E-state index in [0.717, 1.165) is 16.7 Å². The van der Waals surface area contributed by atoms with Crippen LogP contribution in [0.1, 0.15) is 33.5 Å². The van der Waals surface area contributed by atoms with E-state index >= 15 is 0 Å². The van der Waals surface area contributed by atoms with E-state index in [-0.39, 0.29) is 48.5 Å². The fourth-order valence-corrected chi connectivity index (χ4v) is 5.76. The van der Waals surface area contributed by atoms with Crippen LogP contribution in [-0.2, 0) is 52.6 Å². The normalized spacial score (nSPS) is 20.8. The van der Waals surface area contributed by atoms with E-state index < -0.39 is 36.5 Å². The van der Waals surface area contributed by atoms with Gasteiger partial charge in [-0.05, 0) is 28.8 Å². The summed E-state index contributed by atoms with van der Waals surface area (Å²) in [5, 5.41) is 8.84. The number of ether oxygens (including phenoxy) is 5. The first-order chi connectivity index (χ1) is 23.7. The number of nitrogens with zero attached hydrogens (tertiary/aromatic N) is 1. The first-order valence-corrected chi connectivity index (χ1v) is 16.7. The van der Waals surface area contributed by atoms with E-state index in [1.165, 1.54) is 0 Å². The van der Waals surface area contributed by atoms with Crippen molar-refractivity contribution in [2.75, 3.05) is 19.8 Å². The van der Waals surface area contributed by atoms with Gasteiger partial charge in [0.25, 0.3) is 0 Å². The lowest BCUT2D eigenvalue weighted by Gasteiger charge is -2.45. The Labute approximate surface area is 283 Å². The average Bonchev–Trinajstić information content (AvgIpc) is 3.14. The molecule has 1 saturated heterocycles. The highest BCUT2D eigenvalue weighted by atomic mass is 31.1. The van der Waals surface area contributed by atoms with Crippen LogP contribution in [0, 0.1) is 11.3 Å². The van der Waals surface area contributed by atoms with Gasteiger partial charge in [-0.2, -0.15) is 5.26 Å². The van der Waals surface area contributed by atoms with Crippen LogP contribution in [0.4, 0.5) is 0 Å². The van der Waals surface area contributed by atoms with Gasteiger partial charge in [0, 0.05) is 0 Å². The maximum absolute atomic E-state index is 13.5. The van der Waals surface area contributed by atoms with Gasteiger partial charge in [0.05, 0.1) is 57.7 Å². The molecular weight excluding hydrogens is 629 g/mol. The number of benzene rings is 4. The van der Waals surface area contributed by atoms with E-state index in [1.54, 1.807) is 24.3 Å². The zero-order valence-electron chi connectivity index (χ0n) is 26.6. The van der Waals surface area contributed by atoms with Gasteiger partial charge in [-0.25, -0.2) is 4.79 Å². The molecule has 0 aliphatic carbocycles. The highest BCUT2D eigenvalue weighted by Gasteiger charge is 2.50. The molecule has 5 rings (SSSR count). The van der Waals surface area contributed by atoms with Crippen molar-refractivity contribution in [1.82, 2.24) is 0 Å². The van der Waals surface area contributed by atoms with Crippen LogP contribution in [0.2, 0.25) is 0 Å². The molecule has 0 radical (unpaired) electrons. The maximum Gasteiger partial charge on any atom is 0.338 e. The molecule has 10 heteroatoms. The van der Waals surface area contributed by atoms with Crippen molar-refractivity contribution < 1.29 is 37.5 Å². The van der Waals surface area contributed by atoms with Crippen LogP contribution >= 0.6 is 9.03 Å². The average molecular weight is 670 g/mol. The van der Waals surface area contributed by atoms with Crippen LogP contribution in [0.15, 0.2) is 121 Å². The number of hydrogen-bond donors (Lipinski definition) is 0. The van der Waals surface area contributed by atoms with E-state index in [2.05, 4.69) is 0 Å². The predicted octanol–water partition coefficient (Wildman–Crippen LogP) is 6.82. The Morgan fingerprint density at radius 1 is 0.646 bits per heavy atom. The van der Waals surface area contributed by atoms with E-state index in [9.17, 15) is 4.79 Å². The molecule has 9 nitrogen and oxygen atoms in total. The SMILES string of the molecule is N#CCCOPOC[C@@H]1O[C@H](COCc2ccccc2)[C@@H](OCc2ccccc2)[C@H](OCc2ccccc2)[C@H]1OC(=O)c1ccccc1. The fraction of sp³-hybridized carbons (Fsp3) is 0.316. The summed E-state index contributed by atoms with van der Waals surface area (Å²) in [6.45, 7) is 1.40. The van der Waals surface area contributed by atoms with Crippen LogP contribution in [0.25, 0.3) is 0 Å². The summed E-state index contributed by atoms with van der Waals surface area (Å²) in [6.07, 6.45) is -3.42. The molecule has 1 aliphatic rings. The lowest BCUT2D eigenvalue weighted by Crippen LogP contribution is -2.62. The number of carbonyl (C=O) groups is 1. The van der Waals surface area contributed by atoms with Crippen LogP contribution in [0.3, 0.4) is 0 Å². The minimum absolute atomic E-state index is 0.0452. The number of hydrogen-bond acceptors (Lipinski definition) is 9. The fourth-order valence-electron chi connectivity index (χ4n) is 5.26. The van der Waals surface area contributed by atoms with Crippen molar-refractivity contribution >= 4 is 15.0 Å². The first kappa shape index (κ1) is 35.3. The molecule has 1 heterocycles. The van der Waals surface area contributed by atoms with E-state index in [4.69, 9.17) is 38.0 Å². The molecule has 0 bridgehead atoms. The molecule has 4 aromatic rings. The molecule has 48 heavy (non-hydrogen) atoms. The lowest BCUT2D eigenvalue weighted by molar-refractivity contribution is -0.264. The Morgan fingerprint density at radius 2 is 1.17 bits per heavy atom.